The van der Waals surface area contributed by atoms with Crippen LogP contribution in [0.3, 0.4) is 0 Å². The summed E-state index contributed by atoms with van der Waals surface area (Å²) in [5.74, 6) is -0.129. The topological polar surface area (TPSA) is 131 Å². The van der Waals surface area contributed by atoms with Crippen molar-refractivity contribution in [1.82, 2.24) is 15.1 Å². The number of quaternary nitrogens is 1. The van der Waals surface area contributed by atoms with Gasteiger partial charge in [0.2, 0.25) is 6.10 Å². The highest BCUT2D eigenvalue weighted by atomic mass is 79.9. The first-order chi connectivity index (χ1) is 22.6. The SMILES string of the molecule is O=C(OC(Cc1cc(Br)c(O)c(Br)c1)C(=O)[N@+]1(C2CCNCC2)CCC[C@@H](O)C1)N1CCC(N2CCc3ccccc3NC2=O)CC1. The molecule has 4 heterocycles. The summed E-state index contributed by atoms with van der Waals surface area (Å²) in [5.41, 5.74) is 2.68. The summed E-state index contributed by atoms with van der Waals surface area (Å²) in [6, 6.07) is 11.2. The van der Waals surface area contributed by atoms with E-state index in [-0.39, 0.29) is 40.7 Å². The van der Waals surface area contributed by atoms with Crippen molar-refractivity contribution in [2.75, 3.05) is 51.1 Å². The Labute approximate surface area is 292 Å². The number of benzene rings is 2. The molecule has 4 aliphatic heterocycles. The van der Waals surface area contributed by atoms with Gasteiger partial charge in [-0.15, -0.1) is 0 Å². The molecule has 2 aromatic carbocycles. The maximum absolute atomic E-state index is 14.8. The van der Waals surface area contributed by atoms with Crippen molar-refractivity contribution in [1.29, 1.82) is 0 Å². The van der Waals surface area contributed by atoms with Crippen molar-refractivity contribution < 1.29 is 33.8 Å². The molecule has 0 aliphatic carbocycles. The number of likely N-dealkylation sites (tertiary alicyclic amines) is 2. The van der Waals surface area contributed by atoms with Gasteiger partial charge in [0.25, 0.3) is 0 Å². The highest BCUT2D eigenvalue weighted by Crippen LogP contribution is 2.36. The first-order valence-corrected chi connectivity index (χ1v) is 18.3. The molecule has 11 nitrogen and oxygen atoms in total. The van der Waals surface area contributed by atoms with Gasteiger partial charge in [-0.25, -0.2) is 14.4 Å². The minimum absolute atomic E-state index is 0.0129. The molecule has 4 N–H and O–H groups in total. The van der Waals surface area contributed by atoms with E-state index in [2.05, 4.69) is 42.5 Å². The molecule has 0 saturated carbocycles. The number of aliphatic hydroxyl groups is 1. The average Bonchev–Trinajstić information content (AvgIpc) is 3.25. The van der Waals surface area contributed by atoms with E-state index in [9.17, 15) is 24.6 Å². The van der Waals surface area contributed by atoms with Crippen molar-refractivity contribution in [3.63, 3.8) is 0 Å². The van der Waals surface area contributed by atoms with E-state index in [4.69, 9.17) is 4.74 Å². The van der Waals surface area contributed by atoms with E-state index < -0.39 is 18.3 Å². The number of phenolic OH excluding ortho intramolecular Hbond substituents is 1. The molecule has 3 atom stereocenters. The summed E-state index contributed by atoms with van der Waals surface area (Å²) in [6.45, 7) is 3.93. The molecule has 254 valence electrons. The maximum Gasteiger partial charge on any atom is 0.410 e. The molecule has 2 aromatic rings. The van der Waals surface area contributed by atoms with E-state index in [1.54, 1.807) is 17.0 Å². The number of amides is 4. The van der Waals surface area contributed by atoms with Gasteiger partial charge in [0.05, 0.1) is 21.5 Å². The van der Waals surface area contributed by atoms with E-state index in [1.807, 2.05) is 29.2 Å². The Kier molecular flexibility index (Phi) is 10.8. The van der Waals surface area contributed by atoms with Crippen molar-refractivity contribution in [3.05, 3.63) is 56.5 Å². The van der Waals surface area contributed by atoms with Crippen LogP contribution in [0.4, 0.5) is 15.3 Å². The third-order valence-electron chi connectivity index (χ3n) is 10.4. The number of aliphatic hydroxyl groups excluding tert-OH is 1. The zero-order valence-electron chi connectivity index (χ0n) is 26.5. The van der Waals surface area contributed by atoms with E-state index in [0.717, 1.165) is 55.6 Å². The molecule has 4 amide bonds. The fraction of sp³-hybridized carbons (Fsp3) is 0.559. The second-order valence-corrected chi connectivity index (χ2v) is 15.0. The summed E-state index contributed by atoms with van der Waals surface area (Å²) in [7, 11) is 0. The van der Waals surface area contributed by atoms with Crippen LogP contribution in [0, 0.1) is 0 Å². The van der Waals surface area contributed by atoms with Crippen LogP contribution in [0.15, 0.2) is 45.3 Å². The number of hydrogen-bond acceptors (Lipinski definition) is 7. The normalized spacial score (nSPS) is 25.0. The van der Waals surface area contributed by atoms with Gasteiger partial charge in [-0.3, -0.25) is 4.48 Å². The van der Waals surface area contributed by atoms with Gasteiger partial charge >= 0.3 is 18.0 Å². The lowest BCUT2D eigenvalue weighted by Gasteiger charge is -2.48. The molecule has 3 saturated heterocycles. The van der Waals surface area contributed by atoms with Crippen LogP contribution in [0.1, 0.15) is 49.7 Å². The smallest absolute Gasteiger partial charge is 0.410 e. The fourth-order valence-corrected chi connectivity index (χ4v) is 9.17. The number of urea groups is 1. The maximum atomic E-state index is 14.8. The van der Waals surface area contributed by atoms with Gasteiger partial charge in [-0.1, -0.05) is 18.2 Å². The Hall–Kier alpha value is -2.71. The predicted octanol–water partition coefficient (Wildman–Crippen LogP) is 4.77. The molecule has 0 radical (unpaired) electrons. The number of hydrogen-bond donors (Lipinski definition) is 4. The van der Waals surface area contributed by atoms with Crippen molar-refractivity contribution in [3.8, 4) is 5.75 Å². The summed E-state index contributed by atoms with van der Waals surface area (Å²) < 4.78 is 7.22. The number of piperidine rings is 3. The van der Waals surface area contributed by atoms with Crippen molar-refractivity contribution >= 4 is 55.6 Å². The molecule has 6 rings (SSSR count). The van der Waals surface area contributed by atoms with E-state index >= 15 is 0 Å². The number of fused-ring (bicyclic) bond motifs is 1. The summed E-state index contributed by atoms with van der Waals surface area (Å²) in [4.78, 5) is 45.2. The number of aromatic hydroxyl groups is 1. The third kappa shape index (κ3) is 7.49. The standard InChI is InChI=1S/C34H43Br2N5O6/c35-27-18-22(19-28(36)31(27)43)20-30(32(44)41(17-3-5-26(42)21-41)25-7-12-37-13-8-25)47-34(46)39-14-10-24(11-15-39)40-16-9-23-4-1-2-6-29(23)38-33(40)45/h1-2,4,6,18-19,24-26,30,37,42H,3,5,7-17,20-21H2,(H-,38,43,45)/p+1/t26-,30?,41-/m1/s1. The number of carbonyl (C=O) groups is 3. The highest BCUT2D eigenvalue weighted by Gasteiger charge is 2.51. The molecule has 0 bridgehead atoms. The van der Waals surface area contributed by atoms with E-state index in [1.165, 1.54) is 0 Å². The number of halogens is 2. The fourth-order valence-electron chi connectivity index (χ4n) is 7.89. The first kappa shape index (κ1) is 34.2. The monoisotopic (exact) mass is 776 g/mol. The number of rotatable bonds is 6. The van der Waals surface area contributed by atoms with Gasteiger partial charge in [0.15, 0.2) is 0 Å². The van der Waals surface area contributed by atoms with Crippen LogP contribution in [0.2, 0.25) is 0 Å². The highest BCUT2D eigenvalue weighted by molar-refractivity contribution is 9.11. The van der Waals surface area contributed by atoms with Crippen LogP contribution in [-0.2, 0) is 22.4 Å². The van der Waals surface area contributed by atoms with Crippen LogP contribution >= 0.6 is 31.9 Å². The Morgan fingerprint density at radius 1 is 1.02 bits per heavy atom. The number of ether oxygens (including phenoxy) is 1. The third-order valence-corrected chi connectivity index (χ3v) is 11.6. The zero-order chi connectivity index (χ0) is 33.1. The van der Waals surface area contributed by atoms with Gasteiger partial charge in [0, 0.05) is 63.7 Å². The number of para-hydroxylation sites is 1. The minimum atomic E-state index is -1.08. The lowest BCUT2D eigenvalue weighted by molar-refractivity contribution is -0.890. The van der Waals surface area contributed by atoms with Crippen LogP contribution < -0.4 is 10.6 Å². The molecule has 1 unspecified atom stereocenters. The summed E-state index contributed by atoms with van der Waals surface area (Å²) in [5, 5.41) is 27.6. The second kappa shape index (κ2) is 14.8. The molecule has 47 heavy (non-hydrogen) atoms. The lowest BCUT2D eigenvalue weighted by atomic mass is 9.93. The zero-order valence-corrected chi connectivity index (χ0v) is 29.7. The van der Waals surface area contributed by atoms with Gasteiger partial charge < -0.3 is 35.4 Å². The molecule has 0 aromatic heterocycles. The average molecular weight is 779 g/mol. The van der Waals surface area contributed by atoms with Crippen LogP contribution in [0.25, 0.3) is 0 Å². The van der Waals surface area contributed by atoms with Crippen LogP contribution in [-0.4, -0.2) is 113 Å². The van der Waals surface area contributed by atoms with Gasteiger partial charge in [-0.05, 0) is 93.3 Å². The number of nitrogens with zero attached hydrogens (tertiary/aromatic N) is 3. The molecular weight excluding hydrogens is 734 g/mol. The Morgan fingerprint density at radius 2 is 1.72 bits per heavy atom. The largest absolute Gasteiger partial charge is 0.506 e. The first-order valence-electron chi connectivity index (χ1n) is 16.7. The van der Waals surface area contributed by atoms with Gasteiger partial charge in [0.1, 0.15) is 18.4 Å². The number of nitrogens with one attached hydrogen (secondary N) is 2. The Bertz CT molecular complexity index is 1460. The summed E-state index contributed by atoms with van der Waals surface area (Å²) >= 11 is 6.79. The predicted molar refractivity (Wildman–Crippen MR) is 184 cm³/mol. The molecule has 4 aliphatic rings. The van der Waals surface area contributed by atoms with Crippen LogP contribution in [0.5, 0.6) is 5.75 Å². The number of carbonyl (C=O) groups excluding carboxylic acids is 3. The molecular formula is C34H44Br2N5O6+. The molecule has 13 heteroatoms. The lowest BCUT2D eigenvalue weighted by Crippen LogP contribution is -2.69. The minimum Gasteiger partial charge on any atom is -0.506 e. The van der Waals surface area contributed by atoms with Gasteiger partial charge in [-0.2, -0.15) is 0 Å². The Morgan fingerprint density at radius 3 is 2.43 bits per heavy atom. The number of phenols is 1. The number of anilines is 1. The van der Waals surface area contributed by atoms with Crippen molar-refractivity contribution in [2.45, 2.75) is 75.7 Å². The Balaban J connectivity index is 1.18. The van der Waals surface area contributed by atoms with E-state index in [0.29, 0.717) is 60.9 Å². The second-order valence-electron chi connectivity index (χ2n) is 13.3. The summed E-state index contributed by atoms with van der Waals surface area (Å²) in [6.07, 6.45) is 2.85. The quantitative estimate of drug-likeness (QED) is 0.311. The molecule has 0 spiro atoms. The molecule has 3 fully saturated rings. The van der Waals surface area contributed by atoms with Crippen molar-refractivity contribution in [2.24, 2.45) is 0 Å².